The lowest BCUT2D eigenvalue weighted by Crippen LogP contribution is -2.24. The van der Waals surface area contributed by atoms with Crippen LogP contribution in [0.25, 0.3) is 0 Å². The summed E-state index contributed by atoms with van der Waals surface area (Å²) < 4.78 is 18.8. The van der Waals surface area contributed by atoms with Gasteiger partial charge in [0.2, 0.25) is 5.89 Å². The van der Waals surface area contributed by atoms with E-state index in [2.05, 4.69) is 4.98 Å². The van der Waals surface area contributed by atoms with Crippen LogP contribution in [0.3, 0.4) is 0 Å². The number of nitrogens with zero attached hydrogens (tertiary/aromatic N) is 2. The molecule has 1 heterocycles. The number of hydrogen-bond acceptors (Lipinski definition) is 4. The van der Waals surface area contributed by atoms with Crippen molar-refractivity contribution >= 4 is 5.97 Å². The van der Waals surface area contributed by atoms with E-state index in [1.807, 2.05) is 11.8 Å². The Labute approximate surface area is 122 Å². The number of carboxylic acids is 1. The third-order valence-electron chi connectivity index (χ3n) is 3.02. The van der Waals surface area contributed by atoms with E-state index in [0.29, 0.717) is 24.5 Å². The van der Waals surface area contributed by atoms with Crippen molar-refractivity contribution in [2.24, 2.45) is 0 Å². The van der Waals surface area contributed by atoms with Crippen LogP contribution in [-0.4, -0.2) is 27.5 Å². The minimum Gasteiger partial charge on any atom is -0.476 e. The molecule has 0 unspecified atom stereocenters. The van der Waals surface area contributed by atoms with Crippen LogP contribution < -0.4 is 0 Å². The molecule has 0 aliphatic rings. The fourth-order valence-corrected chi connectivity index (χ4v) is 2.07. The van der Waals surface area contributed by atoms with Crippen LogP contribution in [0.1, 0.15) is 35.3 Å². The first-order chi connectivity index (χ1) is 10.1. The molecule has 21 heavy (non-hydrogen) atoms. The lowest BCUT2D eigenvalue weighted by Gasteiger charge is -2.20. The van der Waals surface area contributed by atoms with Gasteiger partial charge in [0.15, 0.2) is 5.69 Å². The zero-order valence-corrected chi connectivity index (χ0v) is 11.8. The lowest BCUT2D eigenvalue weighted by molar-refractivity contribution is 0.0690. The summed E-state index contributed by atoms with van der Waals surface area (Å²) in [4.78, 5) is 16.6. The Morgan fingerprint density at radius 2 is 2.14 bits per heavy atom. The topological polar surface area (TPSA) is 66.6 Å². The first-order valence-corrected chi connectivity index (χ1v) is 6.73. The summed E-state index contributed by atoms with van der Waals surface area (Å²) in [5.74, 6) is -1.06. The van der Waals surface area contributed by atoms with E-state index in [9.17, 15) is 9.18 Å². The van der Waals surface area contributed by atoms with Crippen LogP contribution in [0.5, 0.6) is 0 Å². The second kappa shape index (κ2) is 6.99. The molecule has 5 nitrogen and oxygen atoms in total. The van der Waals surface area contributed by atoms with E-state index in [1.54, 1.807) is 18.2 Å². The second-order valence-corrected chi connectivity index (χ2v) is 4.73. The number of halogens is 1. The Kier molecular flexibility index (Phi) is 5.05. The van der Waals surface area contributed by atoms with Crippen LogP contribution in [0.2, 0.25) is 0 Å². The van der Waals surface area contributed by atoms with Crippen LogP contribution in [-0.2, 0) is 13.1 Å². The predicted octanol–water partition coefficient (Wildman–Crippen LogP) is 2.92. The van der Waals surface area contributed by atoms with Crippen molar-refractivity contribution in [1.82, 2.24) is 9.88 Å². The van der Waals surface area contributed by atoms with E-state index in [1.165, 1.54) is 6.07 Å². The maximum atomic E-state index is 13.7. The first kappa shape index (κ1) is 15.2. The largest absolute Gasteiger partial charge is 0.476 e. The molecule has 0 aliphatic heterocycles. The zero-order valence-electron chi connectivity index (χ0n) is 11.8. The summed E-state index contributed by atoms with van der Waals surface area (Å²) in [6.07, 6.45) is 2.01. The van der Waals surface area contributed by atoms with Crippen LogP contribution >= 0.6 is 0 Å². The normalized spacial score (nSPS) is 11.0. The minimum atomic E-state index is -1.12. The van der Waals surface area contributed by atoms with Gasteiger partial charge in [0, 0.05) is 12.1 Å². The van der Waals surface area contributed by atoms with Gasteiger partial charge in [-0.1, -0.05) is 25.1 Å². The van der Waals surface area contributed by atoms with E-state index in [0.717, 1.165) is 19.2 Å². The predicted molar refractivity (Wildman–Crippen MR) is 74.3 cm³/mol. The van der Waals surface area contributed by atoms with Crippen molar-refractivity contribution in [3.63, 3.8) is 0 Å². The molecule has 2 aromatic rings. The average molecular weight is 292 g/mol. The Hall–Kier alpha value is -2.21. The number of oxazole rings is 1. The van der Waals surface area contributed by atoms with Crippen molar-refractivity contribution in [3.05, 3.63) is 53.5 Å². The molecule has 0 saturated heterocycles. The van der Waals surface area contributed by atoms with Gasteiger partial charge in [0.1, 0.15) is 12.1 Å². The summed E-state index contributed by atoms with van der Waals surface area (Å²) >= 11 is 0. The molecule has 0 saturated carbocycles. The lowest BCUT2D eigenvalue weighted by atomic mass is 10.2. The number of rotatable bonds is 7. The second-order valence-electron chi connectivity index (χ2n) is 4.73. The molecule has 0 bridgehead atoms. The number of benzene rings is 1. The third-order valence-corrected chi connectivity index (χ3v) is 3.02. The molecule has 1 aromatic carbocycles. The van der Waals surface area contributed by atoms with Gasteiger partial charge in [-0.15, -0.1) is 0 Å². The first-order valence-electron chi connectivity index (χ1n) is 6.73. The van der Waals surface area contributed by atoms with Crippen LogP contribution in [0.4, 0.5) is 4.39 Å². The van der Waals surface area contributed by atoms with Crippen molar-refractivity contribution in [1.29, 1.82) is 0 Å². The summed E-state index contributed by atoms with van der Waals surface area (Å²) in [6.45, 7) is 3.52. The molecule has 112 valence electrons. The monoisotopic (exact) mass is 292 g/mol. The summed E-state index contributed by atoms with van der Waals surface area (Å²) in [7, 11) is 0. The molecule has 0 radical (unpaired) electrons. The maximum Gasteiger partial charge on any atom is 0.357 e. The molecule has 0 amide bonds. The van der Waals surface area contributed by atoms with E-state index >= 15 is 0 Å². The molecule has 6 heteroatoms. The van der Waals surface area contributed by atoms with Crippen molar-refractivity contribution in [3.8, 4) is 0 Å². The Balaban J connectivity index is 2.08. The number of carboxylic acid groups (broad SMARTS) is 1. The Morgan fingerprint density at radius 3 is 2.76 bits per heavy atom. The molecule has 0 fully saturated rings. The van der Waals surface area contributed by atoms with E-state index in [4.69, 9.17) is 9.52 Å². The van der Waals surface area contributed by atoms with Crippen molar-refractivity contribution < 1.29 is 18.7 Å². The third kappa shape index (κ3) is 4.13. The average Bonchev–Trinajstić information content (AvgIpc) is 2.90. The van der Waals surface area contributed by atoms with Gasteiger partial charge >= 0.3 is 5.97 Å². The molecule has 0 aliphatic carbocycles. The highest BCUT2D eigenvalue weighted by atomic mass is 19.1. The van der Waals surface area contributed by atoms with Gasteiger partial charge in [0.05, 0.1) is 6.54 Å². The van der Waals surface area contributed by atoms with E-state index in [-0.39, 0.29) is 11.5 Å². The number of hydrogen-bond donors (Lipinski definition) is 1. The molecular weight excluding hydrogens is 275 g/mol. The molecule has 2 rings (SSSR count). The molecule has 1 aromatic heterocycles. The van der Waals surface area contributed by atoms with E-state index < -0.39 is 5.97 Å². The van der Waals surface area contributed by atoms with Crippen LogP contribution in [0, 0.1) is 5.82 Å². The molecule has 1 N–H and O–H groups in total. The SMILES string of the molecule is CCCN(Cc1nc(C(=O)O)co1)Cc1ccccc1F. The van der Waals surface area contributed by atoms with Gasteiger partial charge in [-0.05, 0) is 19.0 Å². The van der Waals surface area contributed by atoms with Gasteiger partial charge < -0.3 is 9.52 Å². The molecule has 0 spiro atoms. The highest BCUT2D eigenvalue weighted by molar-refractivity contribution is 5.84. The van der Waals surface area contributed by atoms with Gasteiger partial charge in [-0.25, -0.2) is 14.2 Å². The van der Waals surface area contributed by atoms with Gasteiger partial charge in [-0.3, -0.25) is 4.90 Å². The summed E-state index contributed by atoms with van der Waals surface area (Å²) in [5, 5.41) is 8.82. The quantitative estimate of drug-likeness (QED) is 0.850. The molecule has 0 atom stereocenters. The highest BCUT2D eigenvalue weighted by Gasteiger charge is 2.15. The fraction of sp³-hybridized carbons (Fsp3) is 0.333. The van der Waals surface area contributed by atoms with Gasteiger partial charge in [0.25, 0.3) is 0 Å². The number of aromatic nitrogens is 1. The fourth-order valence-electron chi connectivity index (χ4n) is 2.07. The standard InChI is InChI=1S/C15H17FN2O3/c1-2-7-18(8-11-5-3-4-6-12(11)16)9-14-17-13(10-21-14)15(19)20/h3-6,10H,2,7-9H2,1H3,(H,19,20). The Morgan fingerprint density at radius 1 is 1.38 bits per heavy atom. The Bertz CT molecular complexity index is 612. The highest BCUT2D eigenvalue weighted by Crippen LogP contribution is 2.13. The molecular formula is C15H17FN2O3. The zero-order chi connectivity index (χ0) is 15.2. The van der Waals surface area contributed by atoms with Crippen molar-refractivity contribution in [2.45, 2.75) is 26.4 Å². The summed E-state index contributed by atoms with van der Waals surface area (Å²) in [6, 6.07) is 6.59. The maximum absolute atomic E-state index is 13.7. The van der Waals surface area contributed by atoms with Crippen molar-refractivity contribution in [2.75, 3.05) is 6.54 Å². The number of carbonyl (C=O) groups is 1. The smallest absolute Gasteiger partial charge is 0.357 e. The summed E-state index contributed by atoms with van der Waals surface area (Å²) in [5.41, 5.74) is 0.475. The number of aromatic carboxylic acids is 1. The van der Waals surface area contributed by atoms with Crippen LogP contribution in [0.15, 0.2) is 34.9 Å². The van der Waals surface area contributed by atoms with Gasteiger partial charge in [-0.2, -0.15) is 0 Å². The minimum absolute atomic E-state index is 0.118.